The standard InChI is InChI=1S/C28H30N2O5/c1-2-8-19-13-15-21(16-14-19)22-11-6-7-12-23(22)28(34)30-17-24(31)26(32)25(30)27(33)29-35-18-20-9-4-3-5-10-20/h3-7,9-16,24-26,31-32H,2,8,17-18H2,1H3,(H,29,33). The van der Waals surface area contributed by atoms with Gasteiger partial charge in [-0.25, -0.2) is 5.48 Å². The zero-order valence-electron chi connectivity index (χ0n) is 19.6. The molecule has 3 atom stereocenters. The Hall–Kier alpha value is -3.52. The van der Waals surface area contributed by atoms with E-state index in [4.69, 9.17) is 4.84 Å². The van der Waals surface area contributed by atoms with E-state index in [2.05, 4.69) is 12.4 Å². The highest BCUT2D eigenvalue weighted by atomic mass is 16.7. The van der Waals surface area contributed by atoms with Crippen LogP contribution >= 0.6 is 0 Å². The molecule has 3 unspecified atom stereocenters. The van der Waals surface area contributed by atoms with Gasteiger partial charge in [0.25, 0.3) is 11.8 Å². The van der Waals surface area contributed by atoms with Gasteiger partial charge >= 0.3 is 0 Å². The summed E-state index contributed by atoms with van der Waals surface area (Å²) >= 11 is 0. The Balaban J connectivity index is 1.53. The predicted octanol–water partition coefficient (Wildman–Crippen LogP) is 3.10. The molecule has 1 aliphatic rings. The van der Waals surface area contributed by atoms with Crippen LogP contribution in [-0.4, -0.2) is 51.7 Å². The van der Waals surface area contributed by atoms with Gasteiger partial charge in [0.05, 0.1) is 13.2 Å². The van der Waals surface area contributed by atoms with Crippen molar-refractivity contribution in [3.63, 3.8) is 0 Å². The van der Waals surface area contributed by atoms with E-state index in [1.54, 1.807) is 12.1 Å². The molecular weight excluding hydrogens is 444 g/mol. The highest BCUT2D eigenvalue weighted by molar-refractivity contribution is 6.03. The SMILES string of the molecule is CCCc1ccc(-c2ccccc2C(=O)N2CC(O)C(O)C2C(=O)NOCc2ccccc2)cc1. The maximum absolute atomic E-state index is 13.6. The molecule has 2 amide bonds. The minimum atomic E-state index is -1.43. The fraction of sp³-hybridized carbons (Fsp3) is 0.286. The number of benzene rings is 3. The van der Waals surface area contributed by atoms with Gasteiger partial charge < -0.3 is 15.1 Å². The summed E-state index contributed by atoms with van der Waals surface area (Å²) in [5, 5.41) is 20.8. The maximum atomic E-state index is 13.6. The number of nitrogens with zero attached hydrogens (tertiary/aromatic N) is 1. The van der Waals surface area contributed by atoms with Crippen molar-refractivity contribution in [3.05, 3.63) is 95.6 Å². The molecule has 0 spiro atoms. The zero-order valence-corrected chi connectivity index (χ0v) is 19.6. The molecule has 1 heterocycles. The number of aryl methyl sites for hydroxylation is 1. The van der Waals surface area contributed by atoms with Crippen LogP contribution in [0.4, 0.5) is 0 Å². The van der Waals surface area contributed by atoms with Crippen LogP contribution in [-0.2, 0) is 22.7 Å². The molecule has 3 aromatic carbocycles. The monoisotopic (exact) mass is 474 g/mol. The molecular formula is C28H30N2O5. The first-order valence-corrected chi connectivity index (χ1v) is 11.8. The van der Waals surface area contributed by atoms with Crippen molar-refractivity contribution in [1.82, 2.24) is 10.4 Å². The number of rotatable bonds is 8. The zero-order chi connectivity index (χ0) is 24.8. The summed E-state index contributed by atoms with van der Waals surface area (Å²) in [5.74, 6) is -1.14. The second-order valence-electron chi connectivity index (χ2n) is 8.69. The molecule has 182 valence electrons. The molecule has 0 saturated carbocycles. The molecule has 0 radical (unpaired) electrons. The number of β-amino-alcohol motifs (C(OH)–C–C–N with tert-alkyl or cyclic N) is 1. The Bertz CT molecular complexity index is 1150. The number of likely N-dealkylation sites (tertiary alicyclic amines) is 1. The highest BCUT2D eigenvalue weighted by Crippen LogP contribution is 2.28. The molecule has 7 heteroatoms. The topological polar surface area (TPSA) is 99.1 Å². The fourth-order valence-electron chi connectivity index (χ4n) is 4.36. The van der Waals surface area contributed by atoms with Gasteiger partial charge in [-0.15, -0.1) is 0 Å². The second-order valence-corrected chi connectivity index (χ2v) is 8.69. The minimum absolute atomic E-state index is 0.128. The number of hydroxylamine groups is 1. The molecule has 0 aromatic heterocycles. The number of hydrogen-bond donors (Lipinski definition) is 3. The number of hydrogen-bond acceptors (Lipinski definition) is 5. The van der Waals surface area contributed by atoms with Crippen LogP contribution < -0.4 is 5.48 Å². The van der Waals surface area contributed by atoms with E-state index in [0.29, 0.717) is 5.56 Å². The molecule has 3 aromatic rings. The van der Waals surface area contributed by atoms with Crippen LogP contribution in [0.25, 0.3) is 11.1 Å². The fourth-order valence-corrected chi connectivity index (χ4v) is 4.36. The highest BCUT2D eigenvalue weighted by Gasteiger charge is 2.47. The number of amides is 2. The molecule has 1 fully saturated rings. The van der Waals surface area contributed by atoms with E-state index in [1.165, 1.54) is 10.5 Å². The number of aliphatic hydroxyl groups is 2. The summed E-state index contributed by atoms with van der Waals surface area (Å²) in [4.78, 5) is 33.0. The van der Waals surface area contributed by atoms with Crippen LogP contribution in [0.15, 0.2) is 78.9 Å². The van der Waals surface area contributed by atoms with Crippen molar-refractivity contribution in [2.45, 2.75) is 44.6 Å². The number of aliphatic hydroxyl groups excluding tert-OH is 2. The lowest BCUT2D eigenvalue weighted by Crippen LogP contribution is -2.50. The van der Waals surface area contributed by atoms with Crippen molar-refractivity contribution in [1.29, 1.82) is 0 Å². The van der Waals surface area contributed by atoms with Crippen molar-refractivity contribution in [2.75, 3.05) is 6.54 Å². The van der Waals surface area contributed by atoms with Gasteiger partial charge in [0.15, 0.2) is 0 Å². The first kappa shape index (κ1) is 24.6. The molecule has 35 heavy (non-hydrogen) atoms. The summed E-state index contributed by atoms with van der Waals surface area (Å²) in [7, 11) is 0. The molecule has 0 bridgehead atoms. The van der Waals surface area contributed by atoms with Gasteiger partial charge in [-0.1, -0.05) is 86.1 Å². The van der Waals surface area contributed by atoms with Crippen molar-refractivity contribution in [2.24, 2.45) is 0 Å². The van der Waals surface area contributed by atoms with Gasteiger partial charge in [-0.2, -0.15) is 0 Å². The largest absolute Gasteiger partial charge is 0.388 e. The first-order chi connectivity index (χ1) is 17.0. The lowest BCUT2D eigenvalue weighted by Gasteiger charge is -2.25. The lowest BCUT2D eigenvalue weighted by molar-refractivity contribution is -0.141. The van der Waals surface area contributed by atoms with E-state index in [-0.39, 0.29) is 13.2 Å². The third kappa shape index (κ3) is 5.59. The first-order valence-electron chi connectivity index (χ1n) is 11.8. The maximum Gasteiger partial charge on any atom is 0.269 e. The van der Waals surface area contributed by atoms with Gasteiger partial charge in [0.1, 0.15) is 18.2 Å². The summed E-state index contributed by atoms with van der Waals surface area (Å²) in [6, 6.07) is 23.2. The van der Waals surface area contributed by atoms with Gasteiger partial charge in [0, 0.05) is 5.56 Å². The van der Waals surface area contributed by atoms with Crippen molar-refractivity contribution in [3.8, 4) is 11.1 Å². The van der Waals surface area contributed by atoms with E-state index < -0.39 is 30.1 Å². The van der Waals surface area contributed by atoms with Gasteiger partial charge in [-0.3, -0.25) is 14.4 Å². The summed E-state index contributed by atoms with van der Waals surface area (Å²) in [5.41, 5.74) is 6.38. The van der Waals surface area contributed by atoms with Crippen LogP contribution in [0.1, 0.15) is 34.8 Å². The molecule has 1 aliphatic heterocycles. The Labute approximate surface area is 204 Å². The Kier molecular flexibility index (Phi) is 7.92. The average Bonchev–Trinajstić information content (AvgIpc) is 3.19. The van der Waals surface area contributed by atoms with Gasteiger partial charge in [0.2, 0.25) is 0 Å². The lowest BCUT2D eigenvalue weighted by atomic mass is 9.97. The third-order valence-electron chi connectivity index (χ3n) is 6.18. The quantitative estimate of drug-likeness (QED) is 0.436. The van der Waals surface area contributed by atoms with Crippen LogP contribution in [0.2, 0.25) is 0 Å². The number of nitrogens with one attached hydrogen (secondary N) is 1. The van der Waals surface area contributed by atoms with Crippen molar-refractivity contribution >= 4 is 11.8 Å². The van der Waals surface area contributed by atoms with Gasteiger partial charge in [-0.05, 0) is 34.7 Å². The van der Waals surface area contributed by atoms with E-state index >= 15 is 0 Å². The van der Waals surface area contributed by atoms with E-state index in [1.807, 2.05) is 66.7 Å². The Morgan fingerprint density at radius 1 is 0.943 bits per heavy atom. The molecule has 1 saturated heterocycles. The molecule has 7 nitrogen and oxygen atoms in total. The number of carbonyl (C=O) groups excluding carboxylic acids is 2. The molecule has 3 N–H and O–H groups in total. The third-order valence-corrected chi connectivity index (χ3v) is 6.18. The summed E-state index contributed by atoms with van der Waals surface area (Å²) < 4.78 is 0. The Morgan fingerprint density at radius 2 is 1.63 bits per heavy atom. The second kappa shape index (κ2) is 11.3. The van der Waals surface area contributed by atoms with E-state index in [9.17, 15) is 19.8 Å². The molecule has 0 aliphatic carbocycles. The van der Waals surface area contributed by atoms with Crippen LogP contribution in [0, 0.1) is 0 Å². The number of carbonyl (C=O) groups is 2. The van der Waals surface area contributed by atoms with Crippen LogP contribution in [0.5, 0.6) is 0 Å². The van der Waals surface area contributed by atoms with Crippen LogP contribution in [0.3, 0.4) is 0 Å². The predicted molar refractivity (Wildman–Crippen MR) is 132 cm³/mol. The smallest absolute Gasteiger partial charge is 0.269 e. The summed E-state index contributed by atoms with van der Waals surface area (Å²) in [6.45, 7) is 2.09. The van der Waals surface area contributed by atoms with Crippen molar-refractivity contribution < 1.29 is 24.6 Å². The summed E-state index contributed by atoms with van der Waals surface area (Å²) in [6.07, 6.45) is -0.649. The normalized spacial score (nSPS) is 19.5. The minimum Gasteiger partial charge on any atom is -0.388 e. The Morgan fingerprint density at radius 3 is 2.34 bits per heavy atom. The van der Waals surface area contributed by atoms with E-state index in [0.717, 1.165) is 29.5 Å². The molecule has 4 rings (SSSR count). The average molecular weight is 475 g/mol.